The second kappa shape index (κ2) is 54.4. The van der Waals surface area contributed by atoms with Crippen LogP contribution in [0.5, 0.6) is 0 Å². The first-order chi connectivity index (χ1) is 35.2. The molecule has 11 nitrogen and oxygen atoms in total. The minimum Gasteiger partial charge on any atom is -0.462 e. The van der Waals surface area contributed by atoms with Crippen molar-refractivity contribution in [3.8, 4) is 0 Å². The number of hydrogen-bond acceptors (Lipinski definition) is 10. The van der Waals surface area contributed by atoms with Crippen LogP contribution in [0.25, 0.3) is 0 Å². The van der Waals surface area contributed by atoms with E-state index in [1.807, 2.05) is 0 Å². The van der Waals surface area contributed by atoms with E-state index in [1.165, 1.54) is 83.5 Å². The SMILES string of the molecule is CC/C=C\C/C=C\C/C=C\C/C=C\CCCCCCCCC(=O)OC(COC(=O)CCCCCCCCCCCCCCCCC)COP(=O)(O)OCC(CO)OC(=O)CCCCCCC/C=C\CCCC. The molecule has 0 aromatic rings. The fourth-order valence-electron chi connectivity index (χ4n) is 7.98. The van der Waals surface area contributed by atoms with Gasteiger partial charge in [-0.2, -0.15) is 0 Å². The van der Waals surface area contributed by atoms with Gasteiger partial charge in [0.1, 0.15) is 12.7 Å². The molecule has 0 saturated heterocycles. The Morgan fingerprint density at radius 3 is 1.17 bits per heavy atom. The zero-order valence-corrected chi connectivity index (χ0v) is 47.0. The molecule has 0 aliphatic carbocycles. The van der Waals surface area contributed by atoms with E-state index in [1.54, 1.807) is 0 Å². The maximum Gasteiger partial charge on any atom is 0.472 e. The Bertz CT molecular complexity index is 1440. The van der Waals surface area contributed by atoms with Gasteiger partial charge in [0, 0.05) is 19.3 Å². The third-order valence-corrected chi connectivity index (χ3v) is 13.4. The summed E-state index contributed by atoms with van der Waals surface area (Å²) in [4.78, 5) is 48.5. The topological polar surface area (TPSA) is 155 Å². The average Bonchev–Trinajstić information content (AvgIpc) is 3.37. The van der Waals surface area contributed by atoms with Gasteiger partial charge < -0.3 is 24.2 Å². The molecule has 0 bridgehead atoms. The number of unbranched alkanes of at least 4 members (excludes halogenated alkanes) is 27. The van der Waals surface area contributed by atoms with Crippen molar-refractivity contribution >= 4 is 25.7 Å². The molecule has 3 unspecified atom stereocenters. The Kier molecular flexibility index (Phi) is 52.3. The molecule has 0 amide bonds. The van der Waals surface area contributed by atoms with Crippen LogP contribution in [0.1, 0.15) is 265 Å². The molecule has 418 valence electrons. The lowest BCUT2D eigenvalue weighted by atomic mass is 10.0. The minimum absolute atomic E-state index is 0.152. The standard InChI is InChI=1S/C60H107O11P/c1-4-7-10-13-16-19-22-24-26-27-28-29-31-33-36-39-42-45-48-51-60(64)71-57(53-67-58(62)49-46-43-40-37-35-32-30-25-23-20-17-14-11-8-5-2)55-69-72(65,66)68-54-56(52-61)70-59(63)50-47-44-41-38-34-21-18-15-12-9-6-3/h7,10,15-16,18-19,24,26,28-29,56-57,61H,4-6,8-9,11-14,17,20-23,25,27,30-55H2,1-3H3,(H,65,66)/b10-7-,18-15-,19-16-,26-24-,29-28-. The predicted octanol–water partition coefficient (Wildman–Crippen LogP) is 17.1. The molecular weight excluding hydrogens is 928 g/mol. The third kappa shape index (κ3) is 52.1. The predicted molar refractivity (Wildman–Crippen MR) is 298 cm³/mol. The highest BCUT2D eigenvalue weighted by atomic mass is 31.2. The van der Waals surface area contributed by atoms with Crippen LogP contribution in [0.4, 0.5) is 0 Å². The van der Waals surface area contributed by atoms with Gasteiger partial charge in [0.05, 0.1) is 19.8 Å². The quantitative estimate of drug-likeness (QED) is 0.0197. The molecule has 12 heteroatoms. The van der Waals surface area contributed by atoms with Crippen molar-refractivity contribution in [2.45, 2.75) is 277 Å². The highest BCUT2D eigenvalue weighted by Crippen LogP contribution is 2.43. The highest BCUT2D eigenvalue weighted by Gasteiger charge is 2.28. The van der Waals surface area contributed by atoms with E-state index in [4.69, 9.17) is 23.3 Å². The Morgan fingerprint density at radius 2 is 0.736 bits per heavy atom. The van der Waals surface area contributed by atoms with Crippen molar-refractivity contribution in [1.82, 2.24) is 0 Å². The van der Waals surface area contributed by atoms with Crippen LogP contribution in [0.2, 0.25) is 0 Å². The van der Waals surface area contributed by atoms with Gasteiger partial charge in [-0.3, -0.25) is 23.4 Å². The Morgan fingerprint density at radius 1 is 0.403 bits per heavy atom. The van der Waals surface area contributed by atoms with Gasteiger partial charge in [-0.15, -0.1) is 0 Å². The molecule has 0 aliphatic heterocycles. The number of allylic oxidation sites excluding steroid dienone is 10. The number of aliphatic hydroxyl groups excluding tert-OH is 1. The second-order valence-electron chi connectivity index (χ2n) is 19.4. The van der Waals surface area contributed by atoms with Gasteiger partial charge in [-0.25, -0.2) is 4.57 Å². The third-order valence-electron chi connectivity index (χ3n) is 12.4. The molecule has 2 N–H and O–H groups in total. The van der Waals surface area contributed by atoms with Gasteiger partial charge in [0.15, 0.2) is 6.10 Å². The minimum atomic E-state index is -4.75. The lowest BCUT2D eigenvalue weighted by Gasteiger charge is -2.21. The number of aliphatic hydroxyl groups is 1. The molecule has 0 aromatic heterocycles. The first-order valence-corrected chi connectivity index (χ1v) is 30.7. The van der Waals surface area contributed by atoms with E-state index < -0.39 is 57.8 Å². The molecule has 0 aliphatic rings. The Balaban J connectivity index is 4.74. The Labute approximate surface area is 440 Å². The molecule has 0 spiro atoms. The van der Waals surface area contributed by atoms with Crippen LogP contribution >= 0.6 is 7.82 Å². The van der Waals surface area contributed by atoms with Gasteiger partial charge in [-0.1, -0.05) is 229 Å². The largest absolute Gasteiger partial charge is 0.472 e. The summed E-state index contributed by atoms with van der Waals surface area (Å²) in [5.74, 6) is -1.48. The highest BCUT2D eigenvalue weighted by molar-refractivity contribution is 7.47. The van der Waals surface area contributed by atoms with E-state index >= 15 is 0 Å². The fraction of sp³-hybridized carbons (Fsp3) is 0.783. The summed E-state index contributed by atoms with van der Waals surface area (Å²) in [6, 6.07) is 0. The summed E-state index contributed by atoms with van der Waals surface area (Å²) >= 11 is 0. The summed E-state index contributed by atoms with van der Waals surface area (Å²) in [5.41, 5.74) is 0. The molecule has 0 rings (SSSR count). The molecule has 0 fully saturated rings. The lowest BCUT2D eigenvalue weighted by molar-refractivity contribution is -0.161. The van der Waals surface area contributed by atoms with E-state index in [2.05, 4.69) is 81.5 Å². The zero-order valence-electron chi connectivity index (χ0n) is 46.1. The van der Waals surface area contributed by atoms with Crippen LogP contribution in [-0.2, 0) is 42.2 Å². The van der Waals surface area contributed by atoms with Crippen LogP contribution < -0.4 is 0 Å². The number of hydrogen-bond donors (Lipinski definition) is 2. The van der Waals surface area contributed by atoms with Crippen LogP contribution in [0, 0.1) is 0 Å². The summed E-state index contributed by atoms with van der Waals surface area (Å²) < 4.78 is 39.5. The van der Waals surface area contributed by atoms with Crippen molar-refractivity contribution in [2.24, 2.45) is 0 Å². The number of phosphoric acid groups is 1. The van der Waals surface area contributed by atoms with E-state index in [0.717, 1.165) is 122 Å². The average molecular weight is 1040 g/mol. The van der Waals surface area contributed by atoms with E-state index in [9.17, 15) is 28.9 Å². The first kappa shape index (κ1) is 69.2. The fourth-order valence-corrected chi connectivity index (χ4v) is 8.76. The number of rotatable bonds is 54. The molecule has 0 radical (unpaired) electrons. The van der Waals surface area contributed by atoms with Crippen molar-refractivity contribution in [3.05, 3.63) is 60.8 Å². The number of esters is 3. The molecule has 72 heavy (non-hydrogen) atoms. The van der Waals surface area contributed by atoms with Crippen LogP contribution in [0.3, 0.4) is 0 Å². The summed E-state index contributed by atoms with van der Waals surface area (Å²) in [6.45, 7) is 4.49. The maximum atomic E-state index is 12.9. The maximum absolute atomic E-state index is 12.9. The van der Waals surface area contributed by atoms with Gasteiger partial charge in [0.25, 0.3) is 0 Å². The van der Waals surface area contributed by atoms with Crippen molar-refractivity contribution in [1.29, 1.82) is 0 Å². The van der Waals surface area contributed by atoms with Crippen molar-refractivity contribution in [2.75, 3.05) is 26.4 Å². The number of carbonyl (C=O) groups is 3. The van der Waals surface area contributed by atoms with Crippen LogP contribution in [0.15, 0.2) is 60.8 Å². The Hall–Kier alpha value is -2.82. The molecule has 3 atom stereocenters. The number of phosphoric ester groups is 1. The second-order valence-corrected chi connectivity index (χ2v) is 20.9. The van der Waals surface area contributed by atoms with E-state index in [0.29, 0.717) is 19.3 Å². The lowest BCUT2D eigenvalue weighted by Crippen LogP contribution is -2.30. The molecule has 0 aromatic carbocycles. The van der Waals surface area contributed by atoms with E-state index in [-0.39, 0.29) is 25.9 Å². The zero-order chi connectivity index (χ0) is 52.7. The van der Waals surface area contributed by atoms with Crippen LogP contribution in [-0.4, -0.2) is 66.5 Å². The monoisotopic (exact) mass is 1030 g/mol. The smallest absolute Gasteiger partial charge is 0.462 e. The van der Waals surface area contributed by atoms with Gasteiger partial charge in [-0.05, 0) is 77.0 Å². The molecule has 0 heterocycles. The van der Waals surface area contributed by atoms with Crippen molar-refractivity contribution < 1.29 is 52.2 Å². The summed E-state index contributed by atoms with van der Waals surface area (Å²) in [5, 5.41) is 9.79. The number of carbonyl (C=O) groups excluding carboxylic acids is 3. The molecular formula is C60H107O11P. The van der Waals surface area contributed by atoms with Gasteiger partial charge >= 0.3 is 25.7 Å². The van der Waals surface area contributed by atoms with Gasteiger partial charge in [0.2, 0.25) is 0 Å². The first-order valence-electron chi connectivity index (χ1n) is 29.2. The summed E-state index contributed by atoms with van der Waals surface area (Å²) in [7, 11) is -4.75. The number of ether oxygens (including phenoxy) is 3. The van der Waals surface area contributed by atoms with Crippen molar-refractivity contribution in [3.63, 3.8) is 0 Å². The molecule has 0 saturated carbocycles. The normalized spacial score (nSPS) is 13.8. The summed E-state index contributed by atoms with van der Waals surface area (Å²) in [6.07, 6.45) is 58.9.